The van der Waals surface area contributed by atoms with Crippen molar-refractivity contribution in [3.8, 4) is 0 Å². The van der Waals surface area contributed by atoms with E-state index in [1.807, 2.05) is 66.4 Å². The second-order valence-corrected chi connectivity index (χ2v) is 10.9. The Morgan fingerprint density at radius 3 is 2.54 bits per heavy atom. The molecule has 0 saturated carbocycles. The summed E-state index contributed by atoms with van der Waals surface area (Å²) in [7, 11) is 0. The lowest BCUT2D eigenvalue weighted by Gasteiger charge is -2.46. The zero-order valence-corrected chi connectivity index (χ0v) is 22.4. The number of nitro benzene ring substituents is 1. The highest BCUT2D eigenvalue weighted by Gasteiger charge is 2.35. The van der Waals surface area contributed by atoms with Gasteiger partial charge in [-0.3, -0.25) is 19.8 Å². The van der Waals surface area contributed by atoms with Crippen molar-refractivity contribution in [2.75, 3.05) is 19.6 Å². The van der Waals surface area contributed by atoms with E-state index in [0.717, 1.165) is 53.5 Å². The van der Waals surface area contributed by atoms with E-state index in [4.69, 9.17) is 5.73 Å². The van der Waals surface area contributed by atoms with Gasteiger partial charge < -0.3 is 10.6 Å². The van der Waals surface area contributed by atoms with Crippen LogP contribution in [0.3, 0.4) is 0 Å². The first-order valence-electron chi connectivity index (χ1n) is 13.0. The maximum absolute atomic E-state index is 13.7. The number of thioether (sulfide) groups is 1. The van der Waals surface area contributed by atoms with Crippen LogP contribution in [0, 0.1) is 10.1 Å². The Kier molecular flexibility index (Phi) is 9.18. The van der Waals surface area contributed by atoms with E-state index in [1.54, 1.807) is 23.9 Å². The number of carbonyl (C=O) groups excluding carboxylic acids is 1. The van der Waals surface area contributed by atoms with Crippen LogP contribution in [0.4, 0.5) is 5.69 Å². The summed E-state index contributed by atoms with van der Waals surface area (Å²) in [6, 6.07) is 20.9. The molecule has 7 nitrogen and oxygen atoms in total. The van der Waals surface area contributed by atoms with Crippen molar-refractivity contribution in [1.82, 2.24) is 9.80 Å². The van der Waals surface area contributed by atoms with Gasteiger partial charge in [0.2, 0.25) is 0 Å². The van der Waals surface area contributed by atoms with Crippen LogP contribution in [-0.4, -0.2) is 57.7 Å². The van der Waals surface area contributed by atoms with Crippen molar-refractivity contribution in [2.24, 2.45) is 5.73 Å². The lowest BCUT2D eigenvalue weighted by molar-refractivity contribution is -0.384. The number of piperazine rings is 1. The van der Waals surface area contributed by atoms with Gasteiger partial charge >= 0.3 is 0 Å². The molecule has 1 amide bonds. The Bertz CT molecular complexity index is 1210. The van der Waals surface area contributed by atoms with Crippen LogP contribution in [0.1, 0.15) is 49.0 Å². The molecule has 0 aromatic heterocycles. The summed E-state index contributed by atoms with van der Waals surface area (Å²) in [5.74, 6) is 0.814. The second-order valence-electron chi connectivity index (χ2n) is 9.80. The van der Waals surface area contributed by atoms with Gasteiger partial charge in [-0.25, -0.2) is 0 Å². The summed E-state index contributed by atoms with van der Waals surface area (Å²) < 4.78 is 0. The van der Waals surface area contributed by atoms with Crippen molar-refractivity contribution in [2.45, 2.75) is 56.3 Å². The normalized spacial score (nSPS) is 18.0. The van der Waals surface area contributed by atoms with Crippen LogP contribution in [0.15, 0.2) is 66.7 Å². The lowest BCUT2D eigenvalue weighted by Crippen LogP contribution is -2.60. The number of fused-ring (bicyclic) bond motifs is 1. The molecule has 3 aromatic rings. The highest BCUT2D eigenvalue weighted by atomic mass is 32.2. The summed E-state index contributed by atoms with van der Waals surface area (Å²) in [4.78, 5) is 28.8. The summed E-state index contributed by atoms with van der Waals surface area (Å²) >= 11 is 1.78. The third-order valence-electron chi connectivity index (χ3n) is 7.07. The first kappa shape index (κ1) is 27.1. The Hall–Kier alpha value is -2.94. The first-order chi connectivity index (χ1) is 17.9. The van der Waals surface area contributed by atoms with Gasteiger partial charge in [0.15, 0.2) is 0 Å². The van der Waals surface area contributed by atoms with Gasteiger partial charge in [0.05, 0.1) is 10.3 Å². The highest BCUT2D eigenvalue weighted by molar-refractivity contribution is 7.99. The number of carbonyl (C=O) groups is 1. The predicted molar refractivity (Wildman–Crippen MR) is 152 cm³/mol. The van der Waals surface area contributed by atoms with Crippen molar-refractivity contribution in [3.05, 3.63) is 88.0 Å². The largest absolute Gasteiger partial charge is 0.336 e. The average Bonchev–Trinajstić information content (AvgIpc) is 2.91. The molecule has 3 atom stereocenters. The standard InChI is InChI=1S/C29H36N4O3S/c1-3-4-10-25-19-31(28(34)27-12-7-9-23-8-5-6-11-26(23)27)17-18-32(25)29(21(2)30)37-20-22-13-15-24(16-14-22)33(35)36/h5-9,11-16,21,25,29H,3-4,10,17-20,30H2,1-2H3/t21?,25-,29?/m0/s1. The van der Waals surface area contributed by atoms with Crippen LogP contribution in [0.5, 0.6) is 0 Å². The van der Waals surface area contributed by atoms with E-state index in [9.17, 15) is 14.9 Å². The Morgan fingerprint density at radius 2 is 1.84 bits per heavy atom. The number of nitrogens with zero attached hydrogens (tertiary/aromatic N) is 3. The molecule has 0 aliphatic carbocycles. The van der Waals surface area contributed by atoms with E-state index in [1.165, 1.54) is 0 Å². The summed E-state index contributed by atoms with van der Waals surface area (Å²) in [6.45, 7) is 6.34. The third-order valence-corrected chi connectivity index (χ3v) is 8.61. The molecule has 37 heavy (non-hydrogen) atoms. The van der Waals surface area contributed by atoms with E-state index in [0.29, 0.717) is 13.1 Å². The van der Waals surface area contributed by atoms with Crippen molar-refractivity contribution < 1.29 is 9.72 Å². The van der Waals surface area contributed by atoms with Crippen molar-refractivity contribution in [1.29, 1.82) is 0 Å². The fourth-order valence-electron chi connectivity index (χ4n) is 5.11. The molecule has 0 radical (unpaired) electrons. The topological polar surface area (TPSA) is 92.7 Å². The number of hydrogen-bond acceptors (Lipinski definition) is 6. The molecule has 0 spiro atoms. The van der Waals surface area contributed by atoms with Gasteiger partial charge in [-0.15, -0.1) is 11.8 Å². The lowest BCUT2D eigenvalue weighted by atomic mass is 10.0. The molecule has 1 saturated heterocycles. The Morgan fingerprint density at radius 1 is 1.11 bits per heavy atom. The molecule has 1 fully saturated rings. The number of nitro groups is 1. The molecule has 8 heteroatoms. The minimum absolute atomic E-state index is 0.0625. The van der Waals surface area contributed by atoms with Gasteiger partial charge in [0, 0.05) is 55.2 Å². The molecule has 1 aliphatic rings. The van der Waals surface area contributed by atoms with Crippen molar-refractivity contribution >= 4 is 34.1 Å². The van der Waals surface area contributed by atoms with Gasteiger partial charge in [-0.2, -0.15) is 0 Å². The smallest absolute Gasteiger partial charge is 0.269 e. The number of nitrogens with two attached hydrogens (primary N) is 1. The van der Waals surface area contributed by atoms with Gasteiger partial charge in [0.25, 0.3) is 11.6 Å². The number of unbranched alkanes of at least 4 members (excludes halogenated alkanes) is 1. The number of benzene rings is 3. The predicted octanol–water partition coefficient (Wildman–Crippen LogP) is 5.67. The molecule has 1 heterocycles. The highest BCUT2D eigenvalue weighted by Crippen LogP contribution is 2.30. The van der Waals surface area contributed by atoms with Crippen LogP contribution >= 0.6 is 11.8 Å². The third kappa shape index (κ3) is 6.50. The van der Waals surface area contributed by atoms with Gasteiger partial charge in [0.1, 0.15) is 0 Å². The maximum Gasteiger partial charge on any atom is 0.269 e. The fraction of sp³-hybridized carbons (Fsp3) is 0.414. The van der Waals surface area contributed by atoms with Crippen LogP contribution in [0.2, 0.25) is 0 Å². The monoisotopic (exact) mass is 520 g/mol. The summed E-state index contributed by atoms with van der Waals surface area (Å²) in [6.07, 6.45) is 3.20. The molecule has 1 aliphatic heterocycles. The SMILES string of the molecule is CCCC[C@H]1CN(C(=O)c2cccc3ccccc23)CCN1C(SCc1ccc([N+](=O)[O-])cc1)C(C)N. The van der Waals surface area contributed by atoms with E-state index >= 15 is 0 Å². The zero-order chi connectivity index (χ0) is 26.4. The fourth-order valence-corrected chi connectivity index (χ4v) is 6.44. The summed E-state index contributed by atoms with van der Waals surface area (Å²) in [5.41, 5.74) is 8.40. The second kappa shape index (κ2) is 12.5. The first-order valence-corrected chi connectivity index (χ1v) is 14.1. The average molecular weight is 521 g/mol. The Labute approximate surface area is 223 Å². The van der Waals surface area contributed by atoms with E-state index < -0.39 is 0 Å². The van der Waals surface area contributed by atoms with Crippen molar-refractivity contribution in [3.63, 3.8) is 0 Å². The quantitative estimate of drug-likeness (QED) is 0.273. The maximum atomic E-state index is 13.7. The minimum Gasteiger partial charge on any atom is -0.336 e. The van der Waals surface area contributed by atoms with Crippen LogP contribution in [-0.2, 0) is 5.75 Å². The molecular weight excluding hydrogens is 484 g/mol. The number of rotatable bonds is 10. The molecular formula is C29H36N4O3S. The number of non-ortho nitro benzene ring substituents is 1. The minimum atomic E-state index is -0.376. The van der Waals surface area contributed by atoms with Crippen LogP contribution < -0.4 is 5.73 Å². The molecule has 4 rings (SSSR count). The molecule has 196 valence electrons. The Balaban J connectivity index is 1.49. The van der Waals surface area contributed by atoms with E-state index in [2.05, 4.69) is 11.8 Å². The number of hydrogen-bond donors (Lipinski definition) is 1. The van der Waals surface area contributed by atoms with Gasteiger partial charge in [-0.1, -0.05) is 68.3 Å². The zero-order valence-electron chi connectivity index (χ0n) is 21.6. The molecule has 2 unspecified atom stereocenters. The molecule has 3 aromatic carbocycles. The van der Waals surface area contributed by atoms with E-state index in [-0.39, 0.29) is 34.0 Å². The van der Waals surface area contributed by atoms with Gasteiger partial charge in [-0.05, 0) is 35.7 Å². The molecule has 0 bridgehead atoms. The summed E-state index contributed by atoms with van der Waals surface area (Å²) in [5, 5.41) is 13.1. The molecule has 2 N–H and O–H groups in total. The van der Waals surface area contributed by atoms with Crippen LogP contribution in [0.25, 0.3) is 10.8 Å². The number of amides is 1.